The van der Waals surface area contributed by atoms with Gasteiger partial charge in [-0.3, -0.25) is 4.90 Å². The minimum absolute atomic E-state index is 0.134. The van der Waals surface area contributed by atoms with Crippen LogP contribution < -0.4 is 0 Å². The monoisotopic (exact) mass is 399 g/mol. The molecule has 0 bridgehead atoms. The van der Waals surface area contributed by atoms with Crippen LogP contribution in [-0.4, -0.2) is 69.4 Å². The summed E-state index contributed by atoms with van der Waals surface area (Å²) >= 11 is 0. The number of rotatable bonds is 7. The second-order valence-corrected chi connectivity index (χ2v) is 7.93. The molecule has 4 rings (SSSR count). The number of nitrogens with zero attached hydrogens (tertiary/aromatic N) is 1. The molecule has 7 atom stereocenters. The zero-order valence-electron chi connectivity index (χ0n) is 16.5. The first kappa shape index (κ1) is 20.5. The predicted molar refractivity (Wildman–Crippen MR) is 108 cm³/mol. The predicted octanol–water partition coefficient (Wildman–Crippen LogP) is 1.33. The lowest BCUT2D eigenvalue weighted by molar-refractivity contribution is -0.101. The Morgan fingerprint density at radius 3 is 1.83 bits per heavy atom. The first-order valence-electron chi connectivity index (χ1n) is 10.2. The molecule has 6 nitrogen and oxygen atoms in total. The van der Waals surface area contributed by atoms with E-state index in [1.165, 1.54) is 0 Å². The summed E-state index contributed by atoms with van der Waals surface area (Å²) in [4.78, 5) is 1.97. The Morgan fingerprint density at radius 1 is 0.793 bits per heavy atom. The third-order valence-corrected chi connectivity index (χ3v) is 6.19. The second-order valence-electron chi connectivity index (χ2n) is 7.93. The van der Waals surface area contributed by atoms with Crippen LogP contribution in [-0.2, 0) is 22.7 Å². The number of aliphatic hydroxyl groups excluding tert-OH is 3. The lowest BCUT2D eigenvalue weighted by Crippen LogP contribution is -2.46. The summed E-state index contributed by atoms with van der Waals surface area (Å²) in [6, 6.07) is 18.6. The molecule has 0 aliphatic carbocycles. The van der Waals surface area contributed by atoms with Gasteiger partial charge in [0.15, 0.2) is 0 Å². The van der Waals surface area contributed by atoms with E-state index in [1.54, 1.807) is 0 Å². The Kier molecular flexibility index (Phi) is 6.29. The molecule has 2 aliphatic rings. The molecule has 6 heteroatoms. The van der Waals surface area contributed by atoms with Crippen LogP contribution in [0, 0.1) is 0 Å². The highest BCUT2D eigenvalue weighted by Gasteiger charge is 2.61. The van der Waals surface area contributed by atoms with Crippen LogP contribution in [0.15, 0.2) is 60.7 Å². The molecule has 0 radical (unpaired) electrons. The van der Waals surface area contributed by atoms with Crippen molar-refractivity contribution in [1.29, 1.82) is 0 Å². The van der Waals surface area contributed by atoms with Gasteiger partial charge in [0.25, 0.3) is 0 Å². The van der Waals surface area contributed by atoms with Gasteiger partial charge >= 0.3 is 0 Å². The van der Waals surface area contributed by atoms with E-state index < -0.39 is 30.5 Å². The largest absolute Gasteiger partial charge is 0.395 e. The van der Waals surface area contributed by atoms with Crippen molar-refractivity contribution in [3.8, 4) is 0 Å². The van der Waals surface area contributed by atoms with Crippen LogP contribution in [0.1, 0.15) is 18.1 Å². The van der Waals surface area contributed by atoms with E-state index in [9.17, 15) is 15.3 Å². The molecular weight excluding hydrogens is 370 g/mol. The van der Waals surface area contributed by atoms with Gasteiger partial charge in [0.2, 0.25) is 0 Å². The van der Waals surface area contributed by atoms with E-state index in [2.05, 4.69) is 0 Å². The van der Waals surface area contributed by atoms with Gasteiger partial charge in [-0.25, -0.2) is 0 Å². The summed E-state index contributed by atoms with van der Waals surface area (Å²) in [5, 5.41) is 31.3. The number of ether oxygens (including phenoxy) is 2. The van der Waals surface area contributed by atoms with Crippen molar-refractivity contribution in [3.05, 3.63) is 71.8 Å². The molecule has 0 spiro atoms. The molecule has 156 valence electrons. The number of hydrogen-bond acceptors (Lipinski definition) is 6. The molecule has 2 aromatic carbocycles. The van der Waals surface area contributed by atoms with E-state index in [1.807, 2.05) is 72.5 Å². The van der Waals surface area contributed by atoms with Gasteiger partial charge in [0.1, 0.15) is 12.2 Å². The fourth-order valence-corrected chi connectivity index (χ4v) is 4.71. The van der Waals surface area contributed by atoms with Crippen molar-refractivity contribution in [1.82, 2.24) is 4.90 Å². The van der Waals surface area contributed by atoms with Crippen molar-refractivity contribution >= 4 is 0 Å². The summed E-state index contributed by atoms with van der Waals surface area (Å²) in [6.45, 7) is 2.49. The van der Waals surface area contributed by atoms with Gasteiger partial charge in [0.05, 0.1) is 44.1 Å². The van der Waals surface area contributed by atoms with Crippen LogP contribution >= 0.6 is 0 Å². The van der Waals surface area contributed by atoms with Crippen LogP contribution in [0.4, 0.5) is 0 Å². The highest BCUT2D eigenvalue weighted by atomic mass is 16.5. The fourth-order valence-electron chi connectivity index (χ4n) is 4.71. The maximum atomic E-state index is 10.7. The number of aliphatic hydroxyl groups is 3. The Bertz CT molecular complexity index is 773. The molecule has 2 heterocycles. The van der Waals surface area contributed by atoms with Crippen molar-refractivity contribution in [2.24, 2.45) is 0 Å². The standard InChI is InChI=1S/C23H29NO5/c1-15-20(26)21(27)19-23(29-14-17-10-6-3-7-11-17)22(18(12-25)24(15)19)28-13-16-8-4-2-5-9-16/h2-11,15,18-23,25-27H,12-14H2,1H3/t15-,18-,19+,20-,21-,22-,23+/m1/s1. The number of hydrogen-bond donors (Lipinski definition) is 3. The van der Waals surface area contributed by atoms with E-state index in [4.69, 9.17) is 9.47 Å². The van der Waals surface area contributed by atoms with Gasteiger partial charge in [-0.1, -0.05) is 60.7 Å². The van der Waals surface area contributed by atoms with Crippen molar-refractivity contribution in [2.75, 3.05) is 6.61 Å². The minimum atomic E-state index is -0.954. The zero-order valence-corrected chi connectivity index (χ0v) is 16.5. The maximum Gasteiger partial charge on any atom is 0.104 e. The van der Waals surface area contributed by atoms with E-state index >= 15 is 0 Å². The van der Waals surface area contributed by atoms with E-state index in [0.29, 0.717) is 13.2 Å². The Hall–Kier alpha value is -1.80. The molecule has 2 aromatic rings. The minimum Gasteiger partial charge on any atom is -0.395 e. The van der Waals surface area contributed by atoms with Gasteiger partial charge < -0.3 is 24.8 Å². The van der Waals surface area contributed by atoms with Crippen LogP contribution in [0.25, 0.3) is 0 Å². The zero-order chi connectivity index (χ0) is 20.4. The van der Waals surface area contributed by atoms with Gasteiger partial charge in [0, 0.05) is 6.04 Å². The lowest BCUT2D eigenvalue weighted by Gasteiger charge is -2.30. The van der Waals surface area contributed by atoms with Crippen LogP contribution in [0.2, 0.25) is 0 Å². The Labute approximate surface area is 171 Å². The molecule has 29 heavy (non-hydrogen) atoms. The van der Waals surface area contributed by atoms with Crippen molar-refractivity contribution in [3.63, 3.8) is 0 Å². The van der Waals surface area contributed by atoms with Gasteiger partial charge in [-0.05, 0) is 18.1 Å². The second kappa shape index (κ2) is 8.92. The third-order valence-electron chi connectivity index (χ3n) is 6.19. The summed E-state index contributed by atoms with van der Waals surface area (Å²) in [5.74, 6) is 0. The smallest absolute Gasteiger partial charge is 0.104 e. The topological polar surface area (TPSA) is 82.4 Å². The summed E-state index contributed by atoms with van der Waals surface area (Å²) in [6.07, 6.45) is -2.72. The quantitative estimate of drug-likeness (QED) is 0.652. The molecule has 0 unspecified atom stereocenters. The third kappa shape index (κ3) is 3.97. The molecule has 0 amide bonds. The van der Waals surface area contributed by atoms with E-state index in [0.717, 1.165) is 11.1 Å². The normalized spacial score (nSPS) is 34.4. The van der Waals surface area contributed by atoms with Gasteiger partial charge in [-0.2, -0.15) is 0 Å². The number of fused-ring (bicyclic) bond motifs is 1. The molecular formula is C23H29NO5. The SMILES string of the molecule is C[C@@H]1[C@@H](O)[C@H](O)[C@H]2[C@H](OCc3ccccc3)[C@H](OCc3ccccc3)[C@@H](CO)N21. The summed E-state index contributed by atoms with van der Waals surface area (Å²) in [5.41, 5.74) is 2.06. The number of benzene rings is 2. The lowest BCUT2D eigenvalue weighted by atomic mass is 9.99. The molecule has 2 aliphatic heterocycles. The van der Waals surface area contributed by atoms with Crippen molar-refractivity contribution in [2.45, 2.75) is 62.7 Å². The average Bonchev–Trinajstić information content (AvgIpc) is 3.19. The molecule has 2 fully saturated rings. The molecule has 3 N–H and O–H groups in total. The Balaban J connectivity index is 1.56. The average molecular weight is 399 g/mol. The molecule has 0 saturated carbocycles. The molecule has 0 aromatic heterocycles. The Morgan fingerprint density at radius 2 is 1.31 bits per heavy atom. The maximum absolute atomic E-state index is 10.7. The fraction of sp³-hybridized carbons (Fsp3) is 0.478. The highest BCUT2D eigenvalue weighted by Crippen LogP contribution is 2.40. The van der Waals surface area contributed by atoms with Crippen LogP contribution in [0.5, 0.6) is 0 Å². The molecule has 2 saturated heterocycles. The summed E-state index contributed by atoms with van der Waals surface area (Å²) in [7, 11) is 0. The first-order valence-corrected chi connectivity index (χ1v) is 10.2. The van der Waals surface area contributed by atoms with Gasteiger partial charge in [-0.15, -0.1) is 0 Å². The van der Waals surface area contributed by atoms with Crippen molar-refractivity contribution < 1.29 is 24.8 Å². The van der Waals surface area contributed by atoms with E-state index in [-0.39, 0.29) is 18.7 Å². The first-order chi connectivity index (χ1) is 14.1. The van der Waals surface area contributed by atoms with Crippen LogP contribution in [0.3, 0.4) is 0 Å². The summed E-state index contributed by atoms with van der Waals surface area (Å²) < 4.78 is 12.5. The highest BCUT2D eigenvalue weighted by molar-refractivity contribution is 5.17.